The van der Waals surface area contributed by atoms with E-state index in [9.17, 15) is 0 Å². The van der Waals surface area contributed by atoms with Gasteiger partial charge in [0.25, 0.3) is 0 Å². The molecule has 0 atom stereocenters. The van der Waals surface area contributed by atoms with Gasteiger partial charge in [0.15, 0.2) is 0 Å². The molecule has 1 aromatic heterocycles. The van der Waals surface area contributed by atoms with Crippen LogP contribution in [-0.2, 0) is 5.41 Å². The molecule has 0 spiro atoms. The Morgan fingerprint density at radius 3 is 2.45 bits per heavy atom. The first kappa shape index (κ1) is 14.8. The number of nitrogens with zero attached hydrogens (tertiary/aromatic N) is 1. The number of rotatable bonds is 3. The third-order valence-electron chi connectivity index (χ3n) is 3.65. The number of hydrogen-bond donors (Lipinski definition) is 1. The van der Waals surface area contributed by atoms with Crippen molar-refractivity contribution >= 4 is 16.7 Å². The molecule has 0 aliphatic heterocycles. The van der Waals surface area contributed by atoms with Crippen molar-refractivity contribution in [3.8, 4) is 0 Å². The number of fused-ring (bicyclic) bond motifs is 1. The number of aromatic nitrogens is 1. The lowest BCUT2D eigenvalue weighted by atomic mass is 9.86. The molecule has 0 fully saturated rings. The van der Waals surface area contributed by atoms with Crippen LogP contribution in [0.5, 0.6) is 0 Å². The fraction of sp³-hybridized carbons (Fsp3) is 0.500. The Kier molecular flexibility index (Phi) is 4.03. The zero-order chi connectivity index (χ0) is 14.9. The molecule has 20 heavy (non-hydrogen) atoms. The molecule has 0 aliphatic rings. The van der Waals surface area contributed by atoms with E-state index in [1.165, 1.54) is 16.5 Å². The van der Waals surface area contributed by atoms with E-state index in [-0.39, 0.29) is 5.41 Å². The van der Waals surface area contributed by atoms with Gasteiger partial charge in [-0.25, -0.2) is 4.98 Å². The van der Waals surface area contributed by atoms with Gasteiger partial charge in [-0.05, 0) is 29.9 Å². The Hall–Kier alpha value is -1.57. The van der Waals surface area contributed by atoms with Gasteiger partial charge in [0.05, 0.1) is 5.52 Å². The van der Waals surface area contributed by atoms with E-state index in [0.29, 0.717) is 5.92 Å². The summed E-state index contributed by atoms with van der Waals surface area (Å²) >= 11 is 0. The number of anilines is 1. The van der Waals surface area contributed by atoms with Gasteiger partial charge in [-0.1, -0.05) is 52.8 Å². The van der Waals surface area contributed by atoms with Crippen molar-refractivity contribution in [3.63, 3.8) is 0 Å². The Morgan fingerprint density at radius 2 is 1.90 bits per heavy atom. The van der Waals surface area contributed by atoms with E-state index in [2.05, 4.69) is 71.1 Å². The molecule has 0 saturated carbocycles. The molecule has 0 saturated heterocycles. The summed E-state index contributed by atoms with van der Waals surface area (Å²) in [5.74, 6) is 1.52. The van der Waals surface area contributed by atoms with Gasteiger partial charge in [-0.2, -0.15) is 0 Å². The average Bonchev–Trinajstić information content (AvgIpc) is 2.36. The van der Waals surface area contributed by atoms with Gasteiger partial charge < -0.3 is 5.32 Å². The number of benzene rings is 1. The van der Waals surface area contributed by atoms with Crippen molar-refractivity contribution in [1.82, 2.24) is 4.98 Å². The molecule has 2 heteroatoms. The van der Waals surface area contributed by atoms with Gasteiger partial charge in [0.1, 0.15) is 5.82 Å². The van der Waals surface area contributed by atoms with Crippen LogP contribution in [0, 0.1) is 0 Å². The molecule has 0 bridgehead atoms. The van der Waals surface area contributed by atoms with Gasteiger partial charge in [-0.3, -0.25) is 0 Å². The highest BCUT2D eigenvalue weighted by molar-refractivity contribution is 5.85. The summed E-state index contributed by atoms with van der Waals surface area (Å²) in [5.41, 5.74) is 3.83. The van der Waals surface area contributed by atoms with Crippen molar-refractivity contribution in [2.45, 2.75) is 52.9 Å². The van der Waals surface area contributed by atoms with E-state index in [1.54, 1.807) is 0 Å². The van der Waals surface area contributed by atoms with E-state index in [0.717, 1.165) is 17.9 Å². The predicted octanol–water partition coefficient (Wildman–Crippen LogP) is 5.09. The minimum absolute atomic E-state index is 0.0898. The monoisotopic (exact) mass is 270 g/mol. The molecule has 0 aliphatic carbocycles. The number of para-hydroxylation sites is 1. The summed E-state index contributed by atoms with van der Waals surface area (Å²) in [4.78, 5) is 4.94. The second-order valence-corrected chi connectivity index (χ2v) is 6.74. The van der Waals surface area contributed by atoms with Crippen molar-refractivity contribution in [2.24, 2.45) is 0 Å². The van der Waals surface area contributed by atoms with Crippen LogP contribution in [0.2, 0.25) is 0 Å². The van der Waals surface area contributed by atoms with E-state index in [4.69, 9.17) is 4.98 Å². The Bertz CT molecular complexity index is 607. The molecular formula is C18H26N2. The molecule has 2 aromatic rings. The Labute approximate surface area is 122 Å². The maximum Gasteiger partial charge on any atom is 0.130 e. The smallest absolute Gasteiger partial charge is 0.130 e. The first-order chi connectivity index (χ1) is 9.34. The SMILES string of the molecule is CCNc1nc2c(C(C)C)cccc2cc1C(C)(C)C. The maximum atomic E-state index is 4.94. The molecule has 1 aromatic carbocycles. The van der Waals surface area contributed by atoms with E-state index >= 15 is 0 Å². The molecule has 0 radical (unpaired) electrons. The lowest BCUT2D eigenvalue weighted by Gasteiger charge is -2.24. The molecule has 108 valence electrons. The van der Waals surface area contributed by atoms with Crippen LogP contribution in [0.25, 0.3) is 10.9 Å². The van der Waals surface area contributed by atoms with Gasteiger partial charge >= 0.3 is 0 Å². The summed E-state index contributed by atoms with van der Waals surface area (Å²) < 4.78 is 0. The summed E-state index contributed by atoms with van der Waals surface area (Å²) in [7, 11) is 0. The number of hydrogen-bond acceptors (Lipinski definition) is 2. The summed E-state index contributed by atoms with van der Waals surface area (Å²) in [6, 6.07) is 8.79. The molecule has 0 amide bonds. The topological polar surface area (TPSA) is 24.9 Å². The third kappa shape index (κ3) is 2.79. The molecule has 2 nitrogen and oxygen atoms in total. The largest absolute Gasteiger partial charge is 0.370 e. The van der Waals surface area contributed by atoms with Gasteiger partial charge in [-0.15, -0.1) is 0 Å². The second-order valence-electron chi connectivity index (χ2n) is 6.74. The summed E-state index contributed by atoms with van der Waals surface area (Å²) in [6.45, 7) is 14.2. The number of pyridine rings is 1. The highest BCUT2D eigenvalue weighted by atomic mass is 15.0. The zero-order valence-corrected chi connectivity index (χ0v) is 13.5. The van der Waals surface area contributed by atoms with Crippen molar-refractivity contribution < 1.29 is 0 Å². The lowest BCUT2D eigenvalue weighted by molar-refractivity contribution is 0.590. The first-order valence-electron chi connectivity index (χ1n) is 7.52. The van der Waals surface area contributed by atoms with Crippen LogP contribution in [-0.4, -0.2) is 11.5 Å². The first-order valence-corrected chi connectivity index (χ1v) is 7.52. The van der Waals surface area contributed by atoms with E-state index < -0.39 is 0 Å². The van der Waals surface area contributed by atoms with Gasteiger partial charge in [0.2, 0.25) is 0 Å². The molecule has 0 unspecified atom stereocenters. The van der Waals surface area contributed by atoms with Crippen LogP contribution in [0.4, 0.5) is 5.82 Å². The highest BCUT2D eigenvalue weighted by Gasteiger charge is 2.20. The van der Waals surface area contributed by atoms with Crippen molar-refractivity contribution in [1.29, 1.82) is 0 Å². The molecule has 1 N–H and O–H groups in total. The van der Waals surface area contributed by atoms with Crippen molar-refractivity contribution in [2.75, 3.05) is 11.9 Å². The molecule has 2 rings (SSSR count). The summed E-state index contributed by atoms with van der Waals surface area (Å²) in [5, 5.41) is 4.67. The standard InChI is InChI=1S/C18H26N2/c1-7-19-17-15(18(4,5)6)11-13-9-8-10-14(12(2)3)16(13)20-17/h8-12H,7H2,1-6H3,(H,19,20). The van der Waals surface area contributed by atoms with Gasteiger partial charge in [0, 0.05) is 17.5 Å². The molecule has 1 heterocycles. The third-order valence-corrected chi connectivity index (χ3v) is 3.65. The van der Waals surface area contributed by atoms with E-state index in [1.807, 2.05) is 0 Å². The second kappa shape index (κ2) is 5.43. The quantitative estimate of drug-likeness (QED) is 0.840. The maximum absolute atomic E-state index is 4.94. The van der Waals surface area contributed by atoms with Crippen LogP contribution in [0.15, 0.2) is 24.3 Å². The highest BCUT2D eigenvalue weighted by Crippen LogP contribution is 2.33. The fourth-order valence-electron chi connectivity index (χ4n) is 2.56. The minimum Gasteiger partial charge on any atom is -0.370 e. The zero-order valence-electron chi connectivity index (χ0n) is 13.5. The number of nitrogens with one attached hydrogen (secondary N) is 1. The lowest BCUT2D eigenvalue weighted by Crippen LogP contribution is -2.16. The fourth-order valence-corrected chi connectivity index (χ4v) is 2.56. The predicted molar refractivity (Wildman–Crippen MR) is 88.7 cm³/mol. The summed E-state index contributed by atoms with van der Waals surface area (Å²) in [6.07, 6.45) is 0. The van der Waals surface area contributed by atoms with Crippen LogP contribution in [0.3, 0.4) is 0 Å². The Balaban J connectivity index is 2.74. The average molecular weight is 270 g/mol. The Morgan fingerprint density at radius 1 is 1.20 bits per heavy atom. The van der Waals surface area contributed by atoms with Crippen LogP contribution >= 0.6 is 0 Å². The minimum atomic E-state index is 0.0898. The molecular weight excluding hydrogens is 244 g/mol. The van der Waals surface area contributed by atoms with Crippen molar-refractivity contribution in [3.05, 3.63) is 35.4 Å². The van der Waals surface area contributed by atoms with Crippen LogP contribution in [0.1, 0.15) is 58.6 Å². The normalized spacial score (nSPS) is 12.2. The van der Waals surface area contributed by atoms with Crippen LogP contribution < -0.4 is 5.32 Å².